The molecule has 2 unspecified atom stereocenters. The first-order valence-electron chi connectivity index (χ1n) is 6.09. The summed E-state index contributed by atoms with van der Waals surface area (Å²) in [5, 5.41) is 3.80. The van der Waals surface area contributed by atoms with Crippen molar-refractivity contribution in [1.82, 2.24) is 4.98 Å². The number of anilines is 1. The zero-order valence-electron chi connectivity index (χ0n) is 9.75. The van der Waals surface area contributed by atoms with E-state index in [0.29, 0.717) is 6.04 Å². The number of alkyl halides is 1. The van der Waals surface area contributed by atoms with Gasteiger partial charge in [0.25, 0.3) is 0 Å². The highest BCUT2D eigenvalue weighted by Gasteiger charge is 2.21. The average Bonchev–Trinajstić information content (AvgIpc) is 2.45. The summed E-state index contributed by atoms with van der Waals surface area (Å²) in [6.45, 7) is 2.01. The van der Waals surface area contributed by atoms with E-state index in [0.717, 1.165) is 17.8 Å². The Labute approximate surface area is 102 Å². The molecule has 1 aromatic heterocycles. The van der Waals surface area contributed by atoms with Crippen LogP contribution in [-0.4, -0.2) is 16.4 Å². The number of rotatable bonds is 2. The molecule has 16 heavy (non-hydrogen) atoms. The molecule has 0 radical (unpaired) electrons. The van der Waals surface area contributed by atoms with Crippen LogP contribution in [0.15, 0.2) is 18.3 Å². The topological polar surface area (TPSA) is 24.9 Å². The van der Waals surface area contributed by atoms with Gasteiger partial charge in [-0.05, 0) is 31.9 Å². The van der Waals surface area contributed by atoms with E-state index in [1.807, 2.05) is 19.2 Å². The summed E-state index contributed by atoms with van der Waals surface area (Å²) in [7, 11) is 0. The minimum atomic E-state index is 0.260. The van der Waals surface area contributed by atoms with Gasteiger partial charge >= 0.3 is 0 Å². The first kappa shape index (κ1) is 11.7. The fourth-order valence-corrected chi connectivity index (χ4v) is 2.62. The van der Waals surface area contributed by atoms with Gasteiger partial charge in [0.2, 0.25) is 0 Å². The maximum absolute atomic E-state index is 6.40. The standard InChI is InChI=1S/C13H19ClN2/c1-10-9-11(7-8-15-10)16-13-6-4-2-3-5-12(13)14/h7-9,12-13H,2-6H2,1H3,(H,15,16). The van der Waals surface area contributed by atoms with Crippen molar-refractivity contribution in [1.29, 1.82) is 0 Å². The molecule has 0 aliphatic heterocycles. The molecule has 0 amide bonds. The van der Waals surface area contributed by atoms with Gasteiger partial charge in [0.15, 0.2) is 0 Å². The Balaban J connectivity index is 2.02. The Kier molecular flexibility index (Phi) is 4.05. The molecule has 0 spiro atoms. The molecule has 2 nitrogen and oxygen atoms in total. The number of hydrogen-bond donors (Lipinski definition) is 1. The van der Waals surface area contributed by atoms with Crippen LogP contribution in [0.3, 0.4) is 0 Å². The van der Waals surface area contributed by atoms with Gasteiger partial charge in [0, 0.05) is 23.6 Å². The highest BCUT2D eigenvalue weighted by Crippen LogP contribution is 2.25. The van der Waals surface area contributed by atoms with Crippen LogP contribution in [0.4, 0.5) is 5.69 Å². The number of aromatic nitrogens is 1. The summed E-state index contributed by atoms with van der Waals surface area (Å²) in [5.74, 6) is 0. The molecule has 2 rings (SSSR count). The molecule has 1 aliphatic carbocycles. The van der Waals surface area contributed by atoms with Crippen molar-refractivity contribution in [3.05, 3.63) is 24.0 Å². The summed E-state index contributed by atoms with van der Waals surface area (Å²) < 4.78 is 0. The minimum absolute atomic E-state index is 0.260. The Morgan fingerprint density at radius 1 is 1.31 bits per heavy atom. The quantitative estimate of drug-likeness (QED) is 0.627. The zero-order chi connectivity index (χ0) is 11.4. The molecule has 1 N–H and O–H groups in total. The second kappa shape index (κ2) is 5.53. The highest BCUT2D eigenvalue weighted by atomic mass is 35.5. The summed E-state index contributed by atoms with van der Waals surface area (Å²) in [6.07, 6.45) is 8.01. The van der Waals surface area contributed by atoms with Gasteiger partial charge in [-0.1, -0.05) is 19.3 Å². The molecule has 1 heterocycles. The van der Waals surface area contributed by atoms with E-state index in [1.165, 1.54) is 25.7 Å². The van der Waals surface area contributed by atoms with Crippen molar-refractivity contribution in [3.8, 4) is 0 Å². The summed E-state index contributed by atoms with van der Waals surface area (Å²) in [5.41, 5.74) is 2.19. The van der Waals surface area contributed by atoms with E-state index in [4.69, 9.17) is 11.6 Å². The van der Waals surface area contributed by atoms with Crippen molar-refractivity contribution in [3.63, 3.8) is 0 Å². The van der Waals surface area contributed by atoms with E-state index >= 15 is 0 Å². The molecule has 0 saturated heterocycles. The van der Waals surface area contributed by atoms with E-state index in [-0.39, 0.29) is 5.38 Å². The molecular formula is C13H19ClN2. The first-order chi connectivity index (χ1) is 7.75. The molecule has 2 atom stereocenters. The van der Waals surface area contributed by atoms with Gasteiger partial charge in [-0.3, -0.25) is 4.98 Å². The third-order valence-corrected chi connectivity index (χ3v) is 3.70. The van der Waals surface area contributed by atoms with Crippen molar-refractivity contribution < 1.29 is 0 Å². The first-order valence-corrected chi connectivity index (χ1v) is 6.52. The predicted molar refractivity (Wildman–Crippen MR) is 69.1 cm³/mol. The maximum Gasteiger partial charge on any atom is 0.0537 e. The van der Waals surface area contributed by atoms with Gasteiger partial charge in [-0.2, -0.15) is 0 Å². The minimum Gasteiger partial charge on any atom is -0.381 e. The lowest BCUT2D eigenvalue weighted by atomic mass is 10.1. The maximum atomic E-state index is 6.40. The fraction of sp³-hybridized carbons (Fsp3) is 0.615. The number of aryl methyl sites for hydroxylation is 1. The van der Waals surface area contributed by atoms with E-state index < -0.39 is 0 Å². The number of nitrogens with zero attached hydrogens (tertiary/aromatic N) is 1. The third kappa shape index (κ3) is 3.11. The molecule has 1 saturated carbocycles. The van der Waals surface area contributed by atoms with Crippen LogP contribution in [0.5, 0.6) is 0 Å². The smallest absolute Gasteiger partial charge is 0.0537 e. The van der Waals surface area contributed by atoms with Crippen LogP contribution in [0.1, 0.15) is 37.8 Å². The molecule has 0 aromatic carbocycles. The molecule has 88 valence electrons. The van der Waals surface area contributed by atoms with Gasteiger partial charge in [-0.15, -0.1) is 11.6 Å². The average molecular weight is 239 g/mol. The molecule has 3 heteroatoms. The predicted octanol–water partition coefficient (Wildman–Crippen LogP) is 3.74. The Morgan fingerprint density at radius 3 is 2.94 bits per heavy atom. The summed E-state index contributed by atoms with van der Waals surface area (Å²) >= 11 is 6.40. The molecule has 1 aliphatic rings. The van der Waals surface area contributed by atoms with E-state index in [2.05, 4.69) is 16.4 Å². The highest BCUT2D eigenvalue weighted by molar-refractivity contribution is 6.21. The zero-order valence-corrected chi connectivity index (χ0v) is 10.5. The third-order valence-electron chi connectivity index (χ3n) is 3.18. The molecule has 1 fully saturated rings. The van der Waals surface area contributed by atoms with Crippen molar-refractivity contribution in [2.24, 2.45) is 0 Å². The van der Waals surface area contributed by atoms with Crippen LogP contribution in [0.2, 0.25) is 0 Å². The fourth-order valence-electron chi connectivity index (χ4n) is 2.27. The lowest BCUT2D eigenvalue weighted by Gasteiger charge is -2.22. The second-order valence-corrected chi connectivity index (χ2v) is 5.15. The van der Waals surface area contributed by atoms with Crippen molar-refractivity contribution in [2.75, 3.05) is 5.32 Å². The number of pyridine rings is 1. The largest absolute Gasteiger partial charge is 0.381 e. The van der Waals surface area contributed by atoms with Crippen molar-refractivity contribution in [2.45, 2.75) is 50.4 Å². The molecular weight excluding hydrogens is 220 g/mol. The lowest BCUT2D eigenvalue weighted by Crippen LogP contribution is -2.28. The second-order valence-electron chi connectivity index (χ2n) is 4.59. The van der Waals surface area contributed by atoms with Crippen LogP contribution in [0, 0.1) is 6.92 Å². The van der Waals surface area contributed by atoms with Crippen molar-refractivity contribution >= 4 is 17.3 Å². The Morgan fingerprint density at radius 2 is 2.12 bits per heavy atom. The van der Waals surface area contributed by atoms with Gasteiger partial charge < -0.3 is 5.32 Å². The summed E-state index contributed by atoms with van der Waals surface area (Å²) in [4.78, 5) is 4.20. The molecule has 0 bridgehead atoms. The SMILES string of the molecule is Cc1cc(NC2CCCCCC2Cl)ccn1. The van der Waals surface area contributed by atoms with Crippen LogP contribution in [-0.2, 0) is 0 Å². The number of halogens is 1. The number of hydrogen-bond acceptors (Lipinski definition) is 2. The van der Waals surface area contributed by atoms with Gasteiger partial charge in [0.05, 0.1) is 5.38 Å². The summed E-state index contributed by atoms with van der Waals surface area (Å²) in [6, 6.07) is 4.50. The van der Waals surface area contributed by atoms with Crippen LogP contribution in [0.25, 0.3) is 0 Å². The number of nitrogens with one attached hydrogen (secondary N) is 1. The van der Waals surface area contributed by atoms with E-state index in [9.17, 15) is 0 Å². The van der Waals surface area contributed by atoms with Crippen LogP contribution < -0.4 is 5.32 Å². The van der Waals surface area contributed by atoms with Crippen LogP contribution >= 0.6 is 11.6 Å². The monoisotopic (exact) mass is 238 g/mol. The Bertz CT molecular complexity index is 340. The lowest BCUT2D eigenvalue weighted by molar-refractivity contribution is 0.627. The normalized spacial score (nSPS) is 26.1. The Hall–Kier alpha value is -0.760. The molecule has 1 aromatic rings. The van der Waals surface area contributed by atoms with Gasteiger partial charge in [0.1, 0.15) is 0 Å². The van der Waals surface area contributed by atoms with Gasteiger partial charge in [-0.25, -0.2) is 0 Å². The van der Waals surface area contributed by atoms with E-state index in [1.54, 1.807) is 0 Å².